The maximum atomic E-state index is 13.0. The van der Waals surface area contributed by atoms with E-state index in [2.05, 4.69) is 5.32 Å². The van der Waals surface area contributed by atoms with E-state index in [1.54, 1.807) is 12.1 Å². The molecule has 0 heterocycles. The Labute approximate surface area is 125 Å². The third-order valence-corrected chi connectivity index (χ3v) is 2.69. The summed E-state index contributed by atoms with van der Waals surface area (Å²) in [6, 6.07) is 7.83. The normalized spacial score (nSPS) is 9.90. The minimum Gasteiger partial charge on any atom is -0.326 e. The number of amides is 1. The van der Waals surface area contributed by atoms with Crippen molar-refractivity contribution in [1.82, 2.24) is 0 Å². The molecular formula is C14H12ClF3N2O. The molecule has 0 bridgehead atoms. The number of anilines is 1. The third-order valence-electron chi connectivity index (χ3n) is 2.69. The monoisotopic (exact) mass is 316 g/mol. The van der Waals surface area contributed by atoms with Gasteiger partial charge < -0.3 is 11.1 Å². The van der Waals surface area contributed by atoms with Crippen molar-refractivity contribution in [3.63, 3.8) is 0 Å². The van der Waals surface area contributed by atoms with Crippen LogP contribution >= 0.6 is 12.4 Å². The number of hydrogen-bond donors (Lipinski definition) is 2. The van der Waals surface area contributed by atoms with Crippen LogP contribution in [0.3, 0.4) is 0 Å². The quantitative estimate of drug-likeness (QED) is 0.854. The fourth-order valence-corrected chi connectivity index (χ4v) is 1.62. The van der Waals surface area contributed by atoms with Crippen molar-refractivity contribution >= 4 is 24.0 Å². The average molecular weight is 317 g/mol. The lowest BCUT2D eigenvalue weighted by atomic mass is 10.1. The highest BCUT2D eigenvalue weighted by atomic mass is 35.5. The molecule has 0 atom stereocenters. The fraction of sp³-hybridized carbons (Fsp3) is 0.0714. The summed E-state index contributed by atoms with van der Waals surface area (Å²) in [6.07, 6.45) is 0. The van der Waals surface area contributed by atoms with E-state index in [9.17, 15) is 18.0 Å². The van der Waals surface area contributed by atoms with Gasteiger partial charge in [0.2, 0.25) is 0 Å². The molecule has 21 heavy (non-hydrogen) atoms. The zero-order valence-electron chi connectivity index (χ0n) is 10.7. The number of halogens is 4. The first kappa shape index (κ1) is 17.0. The molecule has 0 unspecified atom stereocenters. The molecule has 3 N–H and O–H groups in total. The molecule has 0 aliphatic heterocycles. The van der Waals surface area contributed by atoms with E-state index in [0.29, 0.717) is 24.2 Å². The van der Waals surface area contributed by atoms with Crippen molar-refractivity contribution < 1.29 is 18.0 Å². The summed E-state index contributed by atoms with van der Waals surface area (Å²) in [5.74, 6) is -4.85. The Morgan fingerprint density at radius 1 is 1.05 bits per heavy atom. The van der Waals surface area contributed by atoms with E-state index in [-0.39, 0.29) is 18.1 Å². The van der Waals surface area contributed by atoms with Crippen molar-refractivity contribution in [2.75, 3.05) is 5.32 Å². The van der Waals surface area contributed by atoms with Gasteiger partial charge in [-0.25, -0.2) is 13.2 Å². The van der Waals surface area contributed by atoms with Gasteiger partial charge in [0.1, 0.15) is 0 Å². The van der Waals surface area contributed by atoms with E-state index in [0.717, 1.165) is 5.56 Å². The lowest BCUT2D eigenvalue weighted by Gasteiger charge is -2.07. The SMILES string of the molecule is Cl.NCc1ccc(C(=O)Nc2cc(F)c(F)c(F)c2)cc1. The predicted molar refractivity (Wildman–Crippen MR) is 75.9 cm³/mol. The van der Waals surface area contributed by atoms with Crippen LogP contribution in [0.4, 0.5) is 18.9 Å². The molecular weight excluding hydrogens is 305 g/mol. The molecule has 112 valence electrons. The molecule has 2 rings (SSSR count). The molecule has 2 aromatic carbocycles. The van der Waals surface area contributed by atoms with Crippen LogP contribution in [0, 0.1) is 17.5 Å². The van der Waals surface area contributed by atoms with Crippen LogP contribution in [0.5, 0.6) is 0 Å². The minimum absolute atomic E-state index is 0. The van der Waals surface area contributed by atoms with Crippen LogP contribution in [0.2, 0.25) is 0 Å². The molecule has 0 saturated heterocycles. The molecule has 7 heteroatoms. The standard InChI is InChI=1S/C14H11F3N2O.ClH/c15-11-5-10(6-12(16)13(11)17)19-14(20)9-3-1-8(7-18)2-4-9;/h1-6H,7,18H2,(H,19,20);1H. The van der Waals surface area contributed by atoms with Gasteiger partial charge in [-0.1, -0.05) is 12.1 Å². The van der Waals surface area contributed by atoms with Gasteiger partial charge in [-0.3, -0.25) is 4.79 Å². The third kappa shape index (κ3) is 3.96. The molecule has 1 amide bonds. The second-order valence-electron chi connectivity index (χ2n) is 4.11. The van der Waals surface area contributed by atoms with E-state index in [1.807, 2.05) is 0 Å². The number of hydrogen-bond acceptors (Lipinski definition) is 2. The molecule has 0 aromatic heterocycles. The van der Waals surface area contributed by atoms with Crippen LogP contribution in [-0.2, 0) is 6.54 Å². The molecule has 0 aliphatic rings. The summed E-state index contributed by atoms with van der Waals surface area (Å²) < 4.78 is 38.8. The van der Waals surface area contributed by atoms with Crippen molar-refractivity contribution in [3.05, 3.63) is 65.0 Å². The highest BCUT2D eigenvalue weighted by molar-refractivity contribution is 6.04. The molecule has 0 saturated carbocycles. The fourth-order valence-electron chi connectivity index (χ4n) is 1.62. The van der Waals surface area contributed by atoms with Crippen molar-refractivity contribution in [3.8, 4) is 0 Å². The van der Waals surface area contributed by atoms with Gasteiger partial charge in [0, 0.05) is 29.9 Å². The number of carbonyl (C=O) groups excluding carboxylic acids is 1. The highest BCUT2D eigenvalue weighted by Crippen LogP contribution is 2.18. The first-order valence-electron chi connectivity index (χ1n) is 5.76. The van der Waals surface area contributed by atoms with E-state index in [1.165, 1.54) is 12.1 Å². The van der Waals surface area contributed by atoms with Gasteiger partial charge in [-0.2, -0.15) is 0 Å². The summed E-state index contributed by atoms with van der Waals surface area (Å²) in [7, 11) is 0. The Morgan fingerprint density at radius 3 is 2.05 bits per heavy atom. The largest absolute Gasteiger partial charge is 0.326 e. The molecule has 0 aliphatic carbocycles. The van der Waals surface area contributed by atoms with Gasteiger partial charge in [0.05, 0.1) is 0 Å². The van der Waals surface area contributed by atoms with Crippen LogP contribution in [0.1, 0.15) is 15.9 Å². The molecule has 0 spiro atoms. The Hall–Kier alpha value is -2.05. The summed E-state index contributed by atoms with van der Waals surface area (Å²) in [5.41, 5.74) is 6.42. The first-order valence-corrected chi connectivity index (χ1v) is 5.76. The summed E-state index contributed by atoms with van der Waals surface area (Å²) in [5, 5.41) is 2.29. The second kappa shape index (κ2) is 7.10. The van der Waals surface area contributed by atoms with Crippen LogP contribution < -0.4 is 11.1 Å². The van der Waals surface area contributed by atoms with E-state index in [4.69, 9.17) is 5.73 Å². The van der Waals surface area contributed by atoms with Gasteiger partial charge >= 0.3 is 0 Å². The maximum Gasteiger partial charge on any atom is 0.255 e. The molecule has 0 radical (unpaired) electrons. The number of carbonyl (C=O) groups is 1. The van der Waals surface area contributed by atoms with Crippen LogP contribution in [-0.4, -0.2) is 5.91 Å². The summed E-state index contributed by atoms with van der Waals surface area (Å²) >= 11 is 0. The van der Waals surface area contributed by atoms with Crippen molar-refractivity contribution in [1.29, 1.82) is 0 Å². The zero-order chi connectivity index (χ0) is 14.7. The molecule has 0 fully saturated rings. The van der Waals surface area contributed by atoms with Crippen LogP contribution in [0.15, 0.2) is 36.4 Å². The summed E-state index contributed by atoms with van der Waals surface area (Å²) in [6.45, 7) is 0.344. The topological polar surface area (TPSA) is 55.1 Å². The van der Waals surface area contributed by atoms with Crippen molar-refractivity contribution in [2.45, 2.75) is 6.54 Å². The Balaban J connectivity index is 0.00000220. The Kier molecular flexibility index (Phi) is 5.75. The second-order valence-corrected chi connectivity index (χ2v) is 4.11. The van der Waals surface area contributed by atoms with E-state index < -0.39 is 23.4 Å². The Bertz CT molecular complexity index is 624. The maximum absolute atomic E-state index is 13.0. The number of benzene rings is 2. The lowest BCUT2D eigenvalue weighted by molar-refractivity contribution is 0.102. The molecule has 2 aromatic rings. The number of nitrogens with two attached hydrogens (primary N) is 1. The first-order chi connectivity index (χ1) is 9.51. The van der Waals surface area contributed by atoms with Crippen molar-refractivity contribution in [2.24, 2.45) is 5.73 Å². The minimum atomic E-state index is -1.57. The smallest absolute Gasteiger partial charge is 0.255 e. The van der Waals surface area contributed by atoms with Gasteiger partial charge in [-0.05, 0) is 17.7 Å². The van der Waals surface area contributed by atoms with Crippen LogP contribution in [0.25, 0.3) is 0 Å². The molecule has 3 nitrogen and oxygen atoms in total. The number of nitrogens with one attached hydrogen (secondary N) is 1. The summed E-state index contributed by atoms with van der Waals surface area (Å²) in [4.78, 5) is 11.8. The van der Waals surface area contributed by atoms with Gasteiger partial charge in [0.25, 0.3) is 5.91 Å². The Morgan fingerprint density at radius 2 is 1.57 bits per heavy atom. The van der Waals surface area contributed by atoms with Gasteiger partial charge in [-0.15, -0.1) is 12.4 Å². The highest BCUT2D eigenvalue weighted by Gasteiger charge is 2.13. The number of rotatable bonds is 3. The predicted octanol–water partition coefficient (Wildman–Crippen LogP) is 3.24. The van der Waals surface area contributed by atoms with E-state index >= 15 is 0 Å². The lowest BCUT2D eigenvalue weighted by Crippen LogP contribution is -2.13. The van der Waals surface area contributed by atoms with Gasteiger partial charge in [0.15, 0.2) is 17.5 Å². The zero-order valence-corrected chi connectivity index (χ0v) is 11.5. The average Bonchev–Trinajstić information content (AvgIpc) is 2.44.